The number of hydrogen-bond acceptors (Lipinski definition) is 2. The van der Waals surface area contributed by atoms with Gasteiger partial charge in [-0.2, -0.15) is 0 Å². The van der Waals surface area contributed by atoms with E-state index in [4.69, 9.17) is 9.47 Å². The molecule has 0 unspecified atom stereocenters. The number of benzene rings is 3. The third kappa shape index (κ3) is 6.39. The Morgan fingerprint density at radius 3 is 1.56 bits per heavy atom. The summed E-state index contributed by atoms with van der Waals surface area (Å²) in [7, 11) is 3.31. The van der Waals surface area contributed by atoms with Gasteiger partial charge < -0.3 is 9.47 Å². The van der Waals surface area contributed by atoms with Crippen LogP contribution in [-0.4, -0.2) is 25.5 Å². The van der Waals surface area contributed by atoms with E-state index in [1.807, 2.05) is 18.2 Å². The van der Waals surface area contributed by atoms with E-state index in [1.165, 1.54) is 92.0 Å². The van der Waals surface area contributed by atoms with Crippen LogP contribution in [0.4, 0.5) is 0 Å². The molecule has 3 heteroatoms. The quantitative estimate of drug-likeness (QED) is 0.238. The van der Waals surface area contributed by atoms with Gasteiger partial charge in [0.1, 0.15) is 11.5 Å². The first-order chi connectivity index (χ1) is 19.9. The lowest BCUT2D eigenvalue weighted by Crippen LogP contribution is -2.27. The van der Waals surface area contributed by atoms with Crippen molar-refractivity contribution >= 4 is 13.2 Å². The Morgan fingerprint density at radius 1 is 0.610 bits per heavy atom. The van der Waals surface area contributed by atoms with Gasteiger partial charge in [0.25, 0.3) is 0 Å². The van der Waals surface area contributed by atoms with E-state index in [0.717, 1.165) is 28.4 Å². The van der Waals surface area contributed by atoms with Crippen LogP contribution in [0, 0.1) is 0 Å². The van der Waals surface area contributed by atoms with Gasteiger partial charge in [0.15, 0.2) is 0 Å². The maximum Gasteiger partial charge on any atom is 0.130 e. The Labute approximate surface area is 251 Å². The van der Waals surface area contributed by atoms with Gasteiger partial charge in [-0.25, -0.2) is 0 Å². The molecule has 41 heavy (non-hydrogen) atoms. The van der Waals surface area contributed by atoms with Gasteiger partial charge >= 0.3 is 0 Å². The highest BCUT2D eigenvalue weighted by Crippen LogP contribution is 2.57. The van der Waals surface area contributed by atoms with Crippen LogP contribution in [0.1, 0.15) is 115 Å². The van der Waals surface area contributed by atoms with E-state index < -0.39 is 0 Å². The average Bonchev–Trinajstić information content (AvgIpc) is 3.01. The van der Waals surface area contributed by atoms with Gasteiger partial charge in [0.2, 0.25) is 0 Å². The van der Waals surface area contributed by atoms with Gasteiger partial charge in [0.05, 0.1) is 19.8 Å². The number of hydrogen-bond donors (Lipinski definition) is 0. The lowest BCUT2D eigenvalue weighted by atomic mass is 9.82. The summed E-state index contributed by atoms with van der Waals surface area (Å²) in [6.07, 6.45) is 14.2. The van der Waals surface area contributed by atoms with Gasteiger partial charge in [-0.15, -0.1) is 0 Å². The van der Waals surface area contributed by atoms with Crippen molar-refractivity contribution in [2.24, 2.45) is 0 Å². The first kappa shape index (κ1) is 30.2. The number of methoxy groups -OCH3 is 2. The molecule has 0 N–H and O–H groups in total. The largest absolute Gasteiger partial charge is 0.496 e. The Balaban J connectivity index is 1.74. The molecule has 5 rings (SSSR count). The highest BCUT2D eigenvalue weighted by molar-refractivity contribution is 7.67. The van der Waals surface area contributed by atoms with Crippen LogP contribution in [0.3, 0.4) is 0 Å². The topological polar surface area (TPSA) is 18.5 Å². The third-order valence-electron chi connectivity index (χ3n) is 9.55. The van der Waals surface area contributed by atoms with E-state index in [2.05, 4.69) is 64.1 Å². The zero-order valence-corrected chi connectivity index (χ0v) is 27.2. The fourth-order valence-corrected chi connectivity index (χ4v) is 11.5. The lowest BCUT2D eigenvalue weighted by molar-refractivity contribution is 0.397. The summed E-state index contributed by atoms with van der Waals surface area (Å²) < 4.78 is 11.7. The smallest absolute Gasteiger partial charge is 0.130 e. The number of rotatable bonds is 9. The highest BCUT2D eigenvalue weighted by atomic mass is 31.1. The van der Waals surface area contributed by atoms with E-state index in [-0.39, 0.29) is 7.92 Å². The highest BCUT2D eigenvalue weighted by Gasteiger charge is 2.34. The fraction of sp³-hybridized carbons (Fsp3) is 0.526. The number of ether oxygens (including phenoxy) is 2. The molecule has 0 radical (unpaired) electrons. The van der Waals surface area contributed by atoms with Crippen molar-refractivity contribution in [2.75, 3.05) is 14.2 Å². The second kappa shape index (κ2) is 13.8. The molecule has 2 aliphatic carbocycles. The van der Waals surface area contributed by atoms with Crippen molar-refractivity contribution in [2.45, 2.75) is 115 Å². The minimum atomic E-state index is -0.207. The van der Waals surface area contributed by atoms with Gasteiger partial charge in [-0.3, -0.25) is 0 Å². The van der Waals surface area contributed by atoms with Crippen molar-refractivity contribution in [3.63, 3.8) is 0 Å². The molecule has 3 aromatic rings. The third-order valence-corrected chi connectivity index (χ3v) is 13.1. The van der Waals surface area contributed by atoms with Crippen LogP contribution in [0.5, 0.6) is 11.5 Å². The standard InChI is InChI=1S/C38H51O2P/c1-26(2)32-24-28(37-34(39-5)21-15-22-35(37)40-6)25-33(27(3)4)38(32)31-20-13-14-23-36(31)41(29-16-9-7-10-17-29)30-18-11-8-12-19-30/h13-15,20-27,29-30H,7-12,16-19H2,1-6H3. The molecule has 2 aliphatic rings. The molecule has 2 saturated carbocycles. The Morgan fingerprint density at radius 2 is 1.10 bits per heavy atom. The second-order valence-electron chi connectivity index (χ2n) is 12.9. The Hall–Kier alpha value is -2.31. The second-order valence-corrected chi connectivity index (χ2v) is 15.6. The van der Waals surface area contributed by atoms with Crippen molar-refractivity contribution in [3.05, 3.63) is 65.7 Å². The van der Waals surface area contributed by atoms with Crippen LogP contribution in [-0.2, 0) is 0 Å². The van der Waals surface area contributed by atoms with Crippen LogP contribution in [0.2, 0.25) is 0 Å². The van der Waals surface area contributed by atoms with E-state index in [9.17, 15) is 0 Å². The van der Waals surface area contributed by atoms with Gasteiger partial charge in [-0.1, -0.05) is 104 Å². The molecule has 2 fully saturated rings. The van der Waals surface area contributed by atoms with E-state index >= 15 is 0 Å². The summed E-state index contributed by atoms with van der Waals surface area (Å²) in [5, 5.41) is 1.69. The zero-order chi connectivity index (χ0) is 28.9. The minimum Gasteiger partial charge on any atom is -0.496 e. The predicted octanol–water partition coefficient (Wildman–Crippen LogP) is 11.1. The SMILES string of the molecule is COc1cccc(OC)c1-c1cc(C(C)C)c(-c2ccccc2P(C2CCCCC2)C2CCCCC2)c(C(C)C)c1. The van der Waals surface area contributed by atoms with Crippen molar-refractivity contribution < 1.29 is 9.47 Å². The first-order valence-corrected chi connectivity index (χ1v) is 17.7. The predicted molar refractivity (Wildman–Crippen MR) is 179 cm³/mol. The molecule has 3 aromatic carbocycles. The maximum absolute atomic E-state index is 5.87. The summed E-state index contributed by atoms with van der Waals surface area (Å²) in [6.45, 7) is 9.44. The molecule has 0 aromatic heterocycles. The van der Waals surface area contributed by atoms with Crippen molar-refractivity contribution in [1.82, 2.24) is 0 Å². The lowest BCUT2D eigenvalue weighted by Gasteiger charge is -2.40. The van der Waals surface area contributed by atoms with Crippen molar-refractivity contribution in [1.29, 1.82) is 0 Å². The summed E-state index contributed by atoms with van der Waals surface area (Å²) in [5.74, 6) is 2.51. The minimum absolute atomic E-state index is 0.207. The van der Waals surface area contributed by atoms with Gasteiger partial charge in [-0.05, 0) is 106 Å². The Kier molecular flexibility index (Phi) is 10.1. The molecule has 0 amide bonds. The molecular weight excluding hydrogens is 519 g/mol. The maximum atomic E-state index is 5.87. The van der Waals surface area contributed by atoms with Crippen molar-refractivity contribution in [3.8, 4) is 33.8 Å². The molecule has 220 valence electrons. The van der Waals surface area contributed by atoms with E-state index in [0.29, 0.717) is 11.8 Å². The molecule has 0 heterocycles. The zero-order valence-electron chi connectivity index (χ0n) is 26.3. The first-order valence-electron chi connectivity index (χ1n) is 16.2. The molecular formula is C38H51O2P. The summed E-state index contributed by atoms with van der Waals surface area (Å²) in [6, 6.07) is 20.6. The molecule has 0 saturated heterocycles. The summed E-state index contributed by atoms with van der Waals surface area (Å²) in [4.78, 5) is 0. The summed E-state index contributed by atoms with van der Waals surface area (Å²) in [5.41, 5.74) is 9.88. The normalized spacial score (nSPS) is 17.0. The monoisotopic (exact) mass is 570 g/mol. The molecule has 2 nitrogen and oxygen atoms in total. The van der Waals surface area contributed by atoms with Crippen LogP contribution in [0.15, 0.2) is 54.6 Å². The van der Waals surface area contributed by atoms with Crippen LogP contribution < -0.4 is 14.8 Å². The van der Waals surface area contributed by atoms with E-state index in [1.54, 1.807) is 19.5 Å². The molecule has 0 bridgehead atoms. The molecule has 0 aliphatic heterocycles. The fourth-order valence-electron chi connectivity index (χ4n) is 7.51. The molecule has 0 spiro atoms. The van der Waals surface area contributed by atoms with Crippen LogP contribution in [0.25, 0.3) is 22.3 Å². The summed E-state index contributed by atoms with van der Waals surface area (Å²) >= 11 is 0. The Bertz CT molecular complexity index is 1230. The molecule has 0 atom stereocenters. The van der Waals surface area contributed by atoms with Gasteiger partial charge in [0, 0.05) is 0 Å². The van der Waals surface area contributed by atoms with Crippen LogP contribution >= 0.6 is 7.92 Å². The average molecular weight is 571 g/mol.